The smallest absolute Gasteiger partial charge is 0.399 e. The Balaban J connectivity index is 1.79. The van der Waals surface area contributed by atoms with Crippen molar-refractivity contribution in [2.24, 2.45) is 0 Å². The maximum absolute atomic E-state index is 6.20. The molecule has 3 aromatic rings. The molecular formula is C25H28BNO2. The Morgan fingerprint density at radius 2 is 1.55 bits per heavy atom. The number of nitrogens with zero attached hydrogens (tertiary/aromatic N) is 1. The molecule has 3 nitrogen and oxygen atoms in total. The summed E-state index contributed by atoms with van der Waals surface area (Å²) >= 11 is 0. The van der Waals surface area contributed by atoms with Crippen LogP contribution in [0.25, 0.3) is 28.7 Å². The van der Waals surface area contributed by atoms with Gasteiger partial charge in [-0.15, -0.1) is 0 Å². The predicted molar refractivity (Wildman–Crippen MR) is 124 cm³/mol. The van der Waals surface area contributed by atoms with Gasteiger partial charge < -0.3 is 13.9 Å². The Morgan fingerprint density at radius 3 is 2.14 bits per heavy atom. The van der Waals surface area contributed by atoms with E-state index in [-0.39, 0.29) is 18.3 Å². The minimum absolute atomic E-state index is 0.342. The number of hydrogen-bond donors (Lipinski definition) is 0. The van der Waals surface area contributed by atoms with E-state index in [1.807, 2.05) is 13.0 Å². The first-order valence-electron chi connectivity index (χ1n) is 10.1. The van der Waals surface area contributed by atoms with E-state index in [4.69, 9.17) is 9.31 Å². The number of rotatable bonds is 4. The first-order chi connectivity index (χ1) is 13.8. The highest BCUT2D eigenvalue weighted by atomic mass is 16.7. The number of hydrogen-bond acceptors (Lipinski definition) is 2. The van der Waals surface area contributed by atoms with Crippen LogP contribution in [0.15, 0.2) is 61.2 Å². The molecule has 0 unspecified atom stereocenters. The molecule has 0 bridgehead atoms. The Bertz CT molecular complexity index is 1070. The monoisotopic (exact) mass is 385 g/mol. The topological polar surface area (TPSA) is 23.4 Å². The van der Waals surface area contributed by atoms with Crippen LogP contribution in [-0.4, -0.2) is 22.9 Å². The highest BCUT2D eigenvalue weighted by molar-refractivity contribution is 6.62. The number of para-hydroxylation sites is 1. The number of aromatic nitrogens is 1. The second-order valence-electron chi connectivity index (χ2n) is 8.54. The first kappa shape index (κ1) is 19.7. The molecule has 0 spiro atoms. The molecule has 0 saturated carbocycles. The fourth-order valence-electron chi connectivity index (χ4n) is 3.86. The van der Waals surface area contributed by atoms with Crippen LogP contribution in [0.1, 0.15) is 45.9 Å². The molecule has 0 atom stereocenters. The van der Waals surface area contributed by atoms with Gasteiger partial charge in [0, 0.05) is 16.6 Å². The van der Waals surface area contributed by atoms with E-state index < -0.39 is 0 Å². The normalized spacial score (nSPS) is 18.0. The molecule has 1 aliphatic heterocycles. The van der Waals surface area contributed by atoms with Crippen molar-refractivity contribution < 1.29 is 9.31 Å². The minimum atomic E-state index is -0.353. The van der Waals surface area contributed by atoms with Gasteiger partial charge in [0.05, 0.1) is 22.4 Å². The Kier molecular flexibility index (Phi) is 4.80. The molecule has 0 aliphatic carbocycles. The zero-order valence-electron chi connectivity index (χ0n) is 17.9. The van der Waals surface area contributed by atoms with Gasteiger partial charge in [0.25, 0.3) is 0 Å². The summed E-state index contributed by atoms with van der Waals surface area (Å²) in [5.74, 6) is 0. The van der Waals surface area contributed by atoms with E-state index in [2.05, 4.69) is 99.5 Å². The third-order valence-electron chi connectivity index (χ3n) is 6.16. The lowest BCUT2D eigenvalue weighted by Crippen LogP contribution is -2.41. The molecule has 1 aliphatic rings. The van der Waals surface area contributed by atoms with Crippen molar-refractivity contribution in [2.45, 2.75) is 45.8 Å². The quantitative estimate of drug-likeness (QED) is 0.546. The maximum Gasteiger partial charge on any atom is 0.494 e. The molecule has 2 heterocycles. The molecule has 4 rings (SSSR count). The van der Waals surface area contributed by atoms with Gasteiger partial charge >= 0.3 is 7.12 Å². The van der Waals surface area contributed by atoms with Crippen LogP contribution >= 0.6 is 0 Å². The van der Waals surface area contributed by atoms with Crippen molar-refractivity contribution >= 4 is 35.6 Å². The summed E-state index contributed by atoms with van der Waals surface area (Å²) in [5, 5.41) is 1.20. The van der Waals surface area contributed by atoms with E-state index in [0.29, 0.717) is 0 Å². The zero-order chi connectivity index (χ0) is 20.8. The summed E-state index contributed by atoms with van der Waals surface area (Å²) in [6.45, 7) is 14.4. The van der Waals surface area contributed by atoms with Crippen molar-refractivity contribution in [3.63, 3.8) is 0 Å². The standard InChI is InChI=1S/C25H28BNO2/c1-7-11-22-20(8-2)21-12-9-10-13-23(21)27(22)19-16-14-18(15-17-19)26-28-24(3,4)25(5,6)29-26/h7-17H,2H2,1,3-6H3/b11-7-. The van der Waals surface area contributed by atoms with E-state index >= 15 is 0 Å². The largest absolute Gasteiger partial charge is 0.494 e. The third kappa shape index (κ3) is 3.17. The molecule has 0 radical (unpaired) electrons. The van der Waals surface area contributed by atoms with Crippen molar-refractivity contribution in [2.75, 3.05) is 0 Å². The summed E-state index contributed by atoms with van der Waals surface area (Å²) in [6.07, 6.45) is 6.14. The maximum atomic E-state index is 6.20. The van der Waals surface area contributed by atoms with Crippen molar-refractivity contribution in [1.82, 2.24) is 4.57 Å². The second kappa shape index (κ2) is 7.05. The summed E-state index contributed by atoms with van der Waals surface area (Å²) < 4.78 is 14.7. The number of allylic oxidation sites excluding steroid dienone is 1. The third-order valence-corrected chi connectivity index (χ3v) is 6.16. The van der Waals surface area contributed by atoms with Crippen LogP contribution in [-0.2, 0) is 9.31 Å². The van der Waals surface area contributed by atoms with Crippen LogP contribution in [0, 0.1) is 0 Å². The Labute approximate surface area is 173 Å². The van der Waals surface area contributed by atoms with Crippen LogP contribution in [0.2, 0.25) is 0 Å². The molecule has 29 heavy (non-hydrogen) atoms. The number of benzene rings is 2. The average Bonchev–Trinajstić information content (AvgIpc) is 3.11. The van der Waals surface area contributed by atoms with Gasteiger partial charge in [0.1, 0.15) is 0 Å². The van der Waals surface area contributed by atoms with Crippen LogP contribution in [0.4, 0.5) is 0 Å². The fraction of sp³-hybridized carbons (Fsp3) is 0.280. The molecule has 1 fully saturated rings. The van der Waals surface area contributed by atoms with Crippen molar-refractivity contribution in [3.05, 3.63) is 72.4 Å². The molecule has 1 saturated heterocycles. The predicted octanol–water partition coefficient (Wildman–Crippen LogP) is 5.61. The summed E-state index contributed by atoms with van der Waals surface area (Å²) in [7, 11) is -0.353. The van der Waals surface area contributed by atoms with E-state index in [1.54, 1.807) is 0 Å². The van der Waals surface area contributed by atoms with Crippen LogP contribution in [0.3, 0.4) is 0 Å². The SMILES string of the molecule is C=Cc1c(/C=C\C)n(-c2ccc(B3OC(C)(C)C(C)(C)O3)cc2)c2ccccc12. The summed E-state index contributed by atoms with van der Waals surface area (Å²) in [4.78, 5) is 0. The molecule has 0 N–H and O–H groups in total. The zero-order valence-corrected chi connectivity index (χ0v) is 17.9. The van der Waals surface area contributed by atoms with Gasteiger partial charge in [-0.05, 0) is 64.4 Å². The van der Waals surface area contributed by atoms with Crippen molar-refractivity contribution in [1.29, 1.82) is 0 Å². The van der Waals surface area contributed by atoms with Crippen molar-refractivity contribution in [3.8, 4) is 5.69 Å². The van der Waals surface area contributed by atoms with Crippen LogP contribution < -0.4 is 5.46 Å². The Hall–Kier alpha value is -2.56. The molecule has 148 valence electrons. The van der Waals surface area contributed by atoms with Gasteiger partial charge in [-0.2, -0.15) is 0 Å². The second-order valence-corrected chi connectivity index (χ2v) is 8.54. The van der Waals surface area contributed by atoms with E-state index in [9.17, 15) is 0 Å². The fourth-order valence-corrected chi connectivity index (χ4v) is 3.86. The van der Waals surface area contributed by atoms with Gasteiger partial charge in [-0.1, -0.05) is 49.1 Å². The summed E-state index contributed by atoms with van der Waals surface area (Å²) in [6, 6.07) is 16.9. The molecule has 1 aromatic heterocycles. The van der Waals surface area contributed by atoms with Gasteiger partial charge in [-0.3, -0.25) is 0 Å². The van der Waals surface area contributed by atoms with Gasteiger partial charge in [0.2, 0.25) is 0 Å². The molecular weight excluding hydrogens is 357 g/mol. The van der Waals surface area contributed by atoms with E-state index in [0.717, 1.165) is 22.4 Å². The lowest BCUT2D eigenvalue weighted by molar-refractivity contribution is 0.00578. The van der Waals surface area contributed by atoms with Gasteiger partial charge in [0.15, 0.2) is 0 Å². The van der Waals surface area contributed by atoms with Gasteiger partial charge in [-0.25, -0.2) is 0 Å². The summed E-state index contributed by atoms with van der Waals surface area (Å²) in [5.41, 5.74) is 4.89. The van der Waals surface area contributed by atoms with E-state index in [1.165, 1.54) is 10.9 Å². The lowest BCUT2D eigenvalue weighted by Gasteiger charge is -2.32. The van der Waals surface area contributed by atoms with Crippen LogP contribution in [0.5, 0.6) is 0 Å². The number of fused-ring (bicyclic) bond motifs is 1. The highest BCUT2D eigenvalue weighted by Gasteiger charge is 2.51. The molecule has 0 amide bonds. The molecule has 2 aromatic carbocycles. The first-order valence-corrected chi connectivity index (χ1v) is 10.1. The highest BCUT2D eigenvalue weighted by Crippen LogP contribution is 2.36. The average molecular weight is 385 g/mol. The minimum Gasteiger partial charge on any atom is -0.399 e. The Morgan fingerprint density at radius 1 is 0.931 bits per heavy atom. The lowest BCUT2D eigenvalue weighted by atomic mass is 9.79. The molecule has 4 heteroatoms.